The van der Waals surface area contributed by atoms with Crippen LogP contribution in [0.5, 0.6) is 0 Å². The van der Waals surface area contributed by atoms with E-state index in [-0.39, 0.29) is 13.1 Å². The van der Waals surface area contributed by atoms with Gasteiger partial charge in [0, 0.05) is 12.2 Å². The maximum atomic E-state index is 11.0. The van der Waals surface area contributed by atoms with Crippen LogP contribution in [0, 0.1) is 0 Å². The Labute approximate surface area is 105 Å². The Morgan fingerprint density at radius 1 is 1.39 bits per heavy atom. The first kappa shape index (κ1) is 14.0. The summed E-state index contributed by atoms with van der Waals surface area (Å²) >= 11 is 0. The van der Waals surface area contributed by atoms with Crippen LogP contribution in [-0.2, 0) is 16.1 Å². The molecular formula is C12H17N3O3. The van der Waals surface area contributed by atoms with Gasteiger partial charge < -0.3 is 16.6 Å². The SMILES string of the molecule is CC(C(=O)O)N(CC(N)=O)Cc1ccccc1N. The third-order valence-electron chi connectivity index (χ3n) is 2.69. The predicted octanol–water partition coefficient (Wildman–Crippen LogP) is 0.0292. The number of primary amides is 1. The van der Waals surface area contributed by atoms with E-state index >= 15 is 0 Å². The number of benzene rings is 1. The third kappa shape index (κ3) is 3.74. The maximum Gasteiger partial charge on any atom is 0.320 e. The summed E-state index contributed by atoms with van der Waals surface area (Å²) in [5.74, 6) is -1.58. The molecule has 0 bridgehead atoms. The summed E-state index contributed by atoms with van der Waals surface area (Å²) in [6.07, 6.45) is 0. The highest BCUT2D eigenvalue weighted by molar-refractivity contribution is 5.78. The number of nitrogen functional groups attached to an aromatic ring is 1. The molecule has 0 saturated carbocycles. The normalized spacial score (nSPS) is 12.3. The second-order valence-electron chi connectivity index (χ2n) is 4.08. The van der Waals surface area contributed by atoms with E-state index in [9.17, 15) is 9.59 Å². The van der Waals surface area contributed by atoms with Crippen molar-refractivity contribution in [2.75, 3.05) is 12.3 Å². The molecule has 1 rings (SSSR count). The molecule has 6 heteroatoms. The summed E-state index contributed by atoms with van der Waals surface area (Å²) in [4.78, 5) is 23.4. The number of hydrogen-bond acceptors (Lipinski definition) is 4. The summed E-state index contributed by atoms with van der Waals surface area (Å²) in [6, 6.07) is 6.30. The second kappa shape index (κ2) is 6.02. The van der Waals surface area contributed by atoms with Gasteiger partial charge in [-0.15, -0.1) is 0 Å². The highest BCUT2D eigenvalue weighted by atomic mass is 16.4. The van der Waals surface area contributed by atoms with E-state index in [1.54, 1.807) is 24.3 Å². The summed E-state index contributed by atoms with van der Waals surface area (Å²) in [7, 11) is 0. The van der Waals surface area contributed by atoms with Crippen LogP contribution in [-0.4, -0.2) is 34.5 Å². The van der Waals surface area contributed by atoms with Crippen LogP contribution >= 0.6 is 0 Å². The smallest absolute Gasteiger partial charge is 0.320 e. The average Bonchev–Trinajstić information content (AvgIpc) is 2.29. The first-order valence-corrected chi connectivity index (χ1v) is 5.50. The lowest BCUT2D eigenvalue weighted by atomic mass is 10.1. The summed E-state index contributed by atoms with van der Waals surface area (Å²) in [5, 5.41) is 8.99. The first-order chi connectivity index (χ1) is 8.41. The van der Waals surface area contributed by atoms with E-state index in [4.69, 9.17) is 16.6 Å². The molecule has 18 heavy (non-hydrogen) atoms. The molecule has 98 valence electrons. The fraction of sp³-hybridized carbons (Fsp3) is 0.333. The molecule has 1 aromatic carbocycles. The van der Waals surface area contributed by atoms with Crippen molar-refractivity contribution < 1.29 is 14.7 Å². The summed E-state index contributed by atoms with van der Waals surface area (Å²) in [6.45, 7) is 1.65. The lowest BCUT2D eigenvalue weighted by Crippen LogP contribution is -2.43. The van der Waals surface area contributed by atoms with Gasteiger partial charge in [0.25, 0.3) is 0 Å². The zero-order chi connectivity index (χ0) is 13.7. The van der Waals surface area contributed by atoms with Gasteiger partial charge in [-0.25, -0.2) is 0 Å². The third-order valence-corrected chi connectivity index (χ3v) is 2.69. The van der Waals surface area contributed by atoms with Crippen LogP contribution in [0.15, 0.2) is 24.3 Å². The highest BCUT2D eigenvalue weighted by Gasteiger charge is 2.22. The number of amides is 1. The van der Waals surface area contributed by atoms with Crippen LogP contribution in [0.1, 0.15) is 12.5 Å². The Morgan fingerprint density at radius 3 is 2.50 bits per heavy atom. The Hall–Kier alpha value is -2.08. The van der Waals surface area contributed by atoms with Crippen LogP contribution in [0.25, 0.3) is 0 Å². The minimum Gasteiger partial charge on any atom is -0.480 e. The van der Waals surface area contributed by atoms with Gasteiger partial charge in [-0.1, -0.05) is 18.2 Å². The molecule has 1 amide bonds. The number of anilines is 1. The van der Waals surface area contributed by atoms with Gasteiger partial charge in [-0.05, 0) is 18.6 Å². The number of carboxylic acids is 1. The molecule has 1 atom stereocenters. The van der Waals surface area contributed by atoms with Crippen molar-refractivity contribution in [1.29, 1.82) is 0 Å². The van der Waals surface area contributed by atoms with Gasteiger partial charge in [-0.2, -0.15) is 0 Å². The van der Waals surface area contributed by atoms with Crippen molar-refractivity contribution in [1.82, 2.24) is 4.90 Å². The number of hydrogen-bond donors (Lipinski definition) is 3. The van der Waals surface area contributed by atoms with Crippen LogP contribution in [0.4, 0.5) is 5.69 Å². The molecule has 5 N–H and O–H groups in total. The molecule has 0 aromatic heterocycles. The number of aliphatic carboxylic acids is 1. The van der Waals surface area contributed by atoms with E-state index in [1.807, 2.05) is 0 Å². The van der Waals surface area contributed by atoms with Gasteiger partial charge in [0.2, 0.25) is 5.91 Å². The molecule has 0 saturated heterocycles. The van der Waals surface area contributed by atoms with Gasteiger partial charge in [-0.3, -0.25) is 14.5 Å². The molecule has 6 nitrogen and oxygen atoms in total. The highest BCUT2D eigenvalue weighted by Crippen LogP contribution is 2.15. The van der Waals surface area contributed by atoms with Crippen LogP contribution < -0.4 is 11.5 Å². The number of nitrogens with two attached hydrogens (primary N) is 2. The lowest BCUT2D eigenvalue weighted by molar-refractivity contribution is -0.143. The first-order valence-electron chi connectivity index (χ1n) is 5.50. The van der Waals surface area contributed by atoms with Crippen LogP contribution in [0.3, 0.4) is 0 Å². The van der Waals surface area contributed by atoms with Gasteiger partial charge >= 0.3 is 5.97 Å². The monoisotopic (exact) mass is 251 g/mol. The summed E-state index contributed by atoms with van der Waals surface area (Å²) in [5.41, 5.74) is 12.2. The molecular weight excluding hydrogens is 234 g/mol. The standard InChI is InChI=1S/C12H17N3O3/c1-8(12(17)18)15(7-11(14)16)6-9-4-2-3-5-10(9)13/h2-5,8H,6-7,13H2,1H3,(H2,14,16)(H,17,18). The number of nitrogens with zero attached hydrogens (tertiary/aromatic N) is 1. The van der Waals surface area contributed by atoms with Crippen molar-refractivity contribution in [2.24, 2.45) is 5.73 Å². The lowest BCUT2D eigenvalue weighted by Gasteiger charge is -2.25. The molecule has 0 fully saturated rings. The van der Waals surface area contributed by atoms with Crippen molar-refractivity contribution >= 4 is 17.6 Å². The van der Waals surface area contributed by atoms with E-state index < -0.39 is 17.9 Å². The van der Waals surface area contributed by atoms with Gasteiger partial charge in [0.1, 0.15) is 6.04 Å². The van der Waals surface area contributed by atoms with E-state index in [2.05, 4.69) is 0 Å². The minimum absolute atomic E-state index is 0.123. The number of carboxylic acid groups (broad SMARTS) is 1. The van der Waals surface area contributed by atoms with E-state index in [1.165, 1.54) is 11.8 Å². The van der Waals surface area contributed by atoms with Crippen LogP contribution in [0.2, 0.25) is 0 Å². The quantitative estimate of drug-likeness (QED) is 0.618. The van der Waals surface area contributed by atoms with Gasteiger partial charge in [0.15, 0.2) is 0 Å². The summed E-state index contributed by atoms with van der Waals surface area (Å²) < 4.78 is 0. The van der Waals surface area contributed by atoms with Crippen molar-refractivity contribution in [3.05, 3.63) is 29.8 Å². The predicted molar refractivity (Wildman–Crippen MR) is 67.6 cm³/mol. The minimum atomic E-state index is -1.01. The molecule has 1 unspecified atom stereocenters. The molecule has 0 aliphatic heterocycles. The van der Waals surface area contributed by atoms with Crippen molar-refractivity contribution in [2.45, 2.75) is 19.5 Å². The Kier molecular flexibility index (Phi) is 4.67. The maximum absolute atomic E-state index is 11.0. The van der Waals surface area contributed by atoms with E-state index in [0.717, 1.165) is 5.56 Å². The van der Waals surface area contributed by atoms with E-state index in [0.29, 0.717) is 5.69 Å². The van der Waals surface area contributed by atoms with Gasteiger partial charge in [0.05, 0.1) is 6.54 Å². The number of para-hydroxylation sites is 1. The largest absolute Gasteiger partial charge is 0.480 e. The molecule has 0 spiro atoms. The number of carbonyl (C=O) groups is 2. The van der Waals surface area contributed by atoms with Crippen molar-refractivity contribution in [3.63, 3.8) is 0 Å². The number of carbonyl (C=O) groups excluding carboxylic acids is 1. The molecule has 0 aliphatic rings. The molecule has 0 heterocycles. The zero-order valence-electron chi connectivity index (χ0n) is 10.2. The van der Waals surface area contributed by atoms with Crippen molar-refractivity contribution in [3.8, 4) is 0 Å². The second-order valence-corrected chi connectivity index (χ2v) is 4.08. The zero-order valence-corrected chi connectivity index (χ0v) is 10.2. The fourth-order valence-corrected chi connectivity index (χ4v) is 1.58. The fourth-order valence-electron chi connectivity index (χ4n) is 1.58. The molecule has 0 radical (unpaired) electrons. The number of rotatable bonds is 6. The Morgan fingerprint density at radius 2 is 2.00 bits per heavy atom. The molecule has 0 aliphatic carbocycles. The molecule has 1 aromatic rings. The topological polar surface area (TPSA) is 110 Å². The Bertz CT molecular complexity index is 448. The average molecular weight is 251 g/mol. The Balaban J connectivity index is 2.88.